The summed E-state index contributed by atoms with van der Waals surface area (Å²) in [7, 11) is 0. The molecule has 4 aromatic rings. The summed E-state index contributed by atoms with van der Waals surface area (Å²) in [5.74, 6) is -1.93. The van der Waals surface area contributed by atoms with Crippen molar-refractivity contribution >= 4 is 11.9 Å². The molecule has 0 unspecified atom stereocenters. The van der Waals surface area contributed by atoms with Crippen LogP contribution in [-0.4, -0.2) is 66.2 Å². The van der Waals surface area contributed by atoms with Crippen molar-refractivity contribution in [2.75, 3.05) is 0 Å². The molecule has 0 fully saturated rings. The van der Waals surface area contributed by atoms with Crippen molar-refractivity contribution in [2.24, 2.45) is 0 Å². The van der Waals surface area contributed by atoms with Gasteiger partial charge in [0.05, 0.1) is 12.8 Å². The minimum atomic E-state index is -2.00. The zero-order valence-electron chi connectivity index (χ0n) is 27.3. The fourth-order valence-electron chi connectivity index (χ4n) is 5.07. The summed E-state index contributed by atoms with van der Waals surface area (Å²) in [6.45, 7) is 3.67. The van der Waals surface area contributed by atoms with Crippen LogP contribution < -0.4 is 0 Å². The Hall–Kier alpha value is -4.42. The molecule has 4 aromatic carbocycles. The van der Waals surface area contributed by atoms with Crippen molar-refractivity contribution in [2.45, 2.75) is 76.9 Å². The monoisotopic (exact) mass is 656 g/mol. The van der Waals surface area contributed by atoms with Crippen molar-refractivity contribution in [3.8, 4) is 0 Å². The van der Waals surface area contributed by atoms with E-state index in [4.69, 9.17) is 9.47 Å². The lowest BCUT2D eigenvalue weighted by Gasteiger charge is -2.39. The molecule has 4 atom stereocenters. The summed E-state index contributed by atoms with van der Waals surface area (Å²) in [4.78, 5) is 28.6. The average molecular weight is 657 g/mol. The van der Waals surface area contributed by atoms with Gasteiger partial charge in [-0.3, -0.25) is 19.4 Å². The number of benzene rings is 4. The van der Waals surface area contributed by atoms with E-state index < -0.39 is 48.8 Å². The molecule has 0 aliphatic rings. The maximum atomic E-state index is 12.7. The molecule has 0 spiro atoms. The topological polar surface area (TPSA) is 140 Å². The number of hydrogen-bond donors (Lipinski definition) is 4. The summed E-state index contributed by atoms with van der Waals surface area (Å²) < 4.78 is 10.3. The van der Waals surface area contributed by atoms with Gasteiger partial charge in [0.15, 0.2) is 11.4 Å². The predicted octanol–water partition coefficient (Wildman–Crippen LogP) is 4.31. The summed E-state index contributed by atoms with van der Waals surface area (Å²) in [5, 5.41) is 44.5. The van der Waals surface area contributed by atoms with Crippen LogP contribution >= 0.6 is 0 Å². The number of aliphatic hydroxyl groups excluding tert-OH is 2. The Labute approximate surface area is 281 Å². The number of ether oxygens (including phenoxy) is 2. The molecular weight excluding hydrogens is 612 g/mol. The van der Waals surface area contributed by atoms with Crippen LogP contribution in [0.15, 0.2) is 121 Å². The van der Waals surface area contributed by atoms with Crippen LogP contribution in [0.4, 0.5) is 0 Å². The van der Waals surface area contributed by atoms with Gasteiger partial charge in [-0.2, -0.15) is 0 Å². The summed E-state index contributed by atoms with van der Waals surface area (Å²) in [5.41, 5.74) is -0.521. The van der Waals surface area contributed by atoms with Crippen molar-refractivity contribution in [1.29, 1.82) is 0 Å². The second-order valence-electron chi connectivity index (χ2n) is 12.0. The average Bonchev–Trinajstić information content (AvgIpc) is 3.08. The van der Waals surface area contributed by atoms with Crippen LogP contribution in [0.5, 0.6) is 0 Å². The fraction of sp³-hybridized carbons (Fsp3) is 0.316. The van der Waals surface area contributed by atoms with E-state index in [0.29, 0.717) is 0 Å². The second-order valence-corrected chi connectivity index (χ2v) is 12.0. The summed E-state index contributed by atoms with van der Waals surface area (Å²) in [6, 6.07) is 37.4. The lowest BCUT2D eigenvalue weighted by molar-refractivity contribution is -0.263. The first kappa shape index (κ1) is 36.4. The normalized spacial score (nSPS) is 15.2. The Bertz CT molecular complexity index is 1350. The third kappa shape index (κ3) is 10.5. The largest absolute Gasteiger partial charge is 0.431 e. The molecule has 48 heavy (non-hydrogen) atoms. The van der Waals surface area contributed by atoms with Gasteiger partial charge >= 0.3 is 11.9 Å². The van der Waals surface area contributed by atoms with Gasteiger partial charge in [-0.1, -0.05) is 121 Å². The highest BCUT2D eigenvalue weighted by Gasteiger charge is 2.41. The van der Waals surface area contributed by atoms with E-state index in [1.807, 2.05) is 121 Å². The first-order valence-electron chi connectivity index (χ1n) is 15.8. The molecule has 4 N–H and O–H groups in total. The van der Waals surface area contributed by atoms with E-state index in [2.05, 4.69) is 0 Å². The van der Waals surface area contributed by atoms with Gasteiger partial charge in [0.2, 0.25) is 12.6 Å². The number of esters is 2. The maximum Gasteiger partial charge on any atom is 0.308 e. The van der Waals surface area contributed by atoms with Crippen LogP contribution in [0.2, 0.25) is 0 Å². The second kappa shape index (κ2) is 17.1. The van der Waals surface area contributed by atoms with Crippen LogP contribution in [0, 0.1) is 0 Å². The maximum absolute atomic E-state index is 12.7. The molecule has 0 amide bonds. The van der Waals surface area contributed by atoms with Crippen molar-refractivity contribution < 1.29 is 39.5 Å². The first-order chi connectivity index (χ1) is 22.9. The number of carbonyl (C=O) groups excluding carboxylic acids is 2. The molecule has 0 saturated carbocycles. The quantitative estimate of drug-likeness (QED) is 0.0961. The summed E-state index contributed by atoms with van der Waals surface area (Å²) >= 11 is 0. The minimum Gasteiger partial charge on any atom is -0.431 e. The molecule has 4 rings (SSSR count). The number of hydrogen-bond acceptors (Lipinski definition) is 10. The Morgan fingerprint density at radius 3 is 0.979 bits per heavy atom. The van der Waals surface area contributed by atoms with Crippen LogP contribution in [-0.2, 0) is 45.2 Å². The van der Waals surface area contributed by atoms with Gasteiger partial charge in [0.1, 0.15) is 0 Å². The number of carbonyl (C=O) groups is 2. The van der Waals surface area contributed by atoms with Gasteiger partial charge in [-0.15, -0.1) is 0 Å². The van der Waals surface area contributed by atoms with Crippen LogP contribution in [0.3, 0.4) is 0 Å². The summed E-state index contributed by atoms with van der Waals surface area (Å²) in [6.07, 6.45) is -4.92. The lowest BCUT2D eigenvalue weighted by atomic mass is 10.1. The smallest absolute Gasteiger partial charge is 0.308 e. The molecule has 0 aliphatic carbocycles. The highest BCUT2D eigenvalue weighted by Crippen LogP contribution is 2.26. The molecular formula is C38H44N2O8. The molecule has 0 radical (unpaired) electrons. The van der Waals surface area contributed by atoms with E-state index >= 15 is 0 Å². The van der Waals surface area contributed by atoms with Gasteiger partial charge in [-0.05, 0) is 36.1 Å². The Morgan fingerprint density at radius 2 is 0.750 bits per heavy atom. The molecule has 0 aliphatic heterocycles. The van der Waals surface area contributed by atoms with Gasteiger partial charge in [0.25, 0.3) is 0 Å². The SMILES string of the molecule is C[C@](O)([C@@H](O)OC(=O)CCC(=O)O[C@H](O)[C@](C)(O)N(Cc1ccccc1)Cc1ccccc1)N(Cc1ccccc1)Cc1ccccc1. The van der Waals surface area contributed by atoms with E-state index in [1.54, 1.807) is 9.80 Å². The zero-order chi connectivity index (χ0) is 34.6. The molecule has 0 saturated heterocycles. The minimum absolute atomic E-state index is 0.243. The van der Waals surface area contributed by atoms with Crippen molar-refractivity contribution in [3.05, 3.63) is 144 Å². The predicted molar refractivity (Wildman–Crippen MR) is 179 cm³/mol. The molecule has 10 nitrogen and oxygen atoms in total. The van der Waals surface area contributed by atoms with Gasteiger partial charge < -0.3 is 29.9 Å². The number of aliphatic hydroxyl groups is 4. The van der Waals surface area contributed by atoms with Crippen molar-refractivity contribution in [3.63, 3.8) is 0 Å². The molecule has 10 heteroatoms. The first-order valence-corrected chi connectivity index (χ1v) is 15.8. The van der Waals surface area contributed by atoms with Crippen molar-refractivity contribution in [1.82, 2.24) is 9.80 Å². The zero-order valence-corrected chi connectivity index (χ0v) is 27.3. The lowest BCUT2D eigenvalue weighted by Crippen LogP contribution is -2.55. The van der Waals surface area contributed by atoms with E-state index in [9.17, 15) is 30.0 Å². The van der Waals surface area contributed by atoms with Gasteiger partial charge in [-0.25, -0.2) is 0 Å². The van der Waals surface area contributed by atoms with Crippen LogP contribution in [0.25, 0.3) is 0 Å². The third-order valence-electron chi connectivity index (χ3n) is 8.10. The Morgan fingerprint density at radius 1 is 0.521 bits per heavy atom. The Balaban J connectivity index is 1.35. The molecule has 0 aromatic heterocycles. The van der Waals surface area contributed by atoms with E-state index in [0.717, 1.165) is 22.3 Å². The third-order valence-corrected chi connectivity index (χ3v) is 8.10. The molecule has 254 valence electrons. The number of rotatable bonds is 17. The highest BCUT2D eigenvalue weighted by molar-refractivity contribution is 5.77. The van der Waals surface area contributed by atoms with Gasteiger partial charge in [0, 0.05) is 26.2 Å². The van der Waals surface area contributed by atoms with Crippen LogP contribution in [0.1, 0.15) is 48.9 Å². The highest BCUT2D eigenvalue weighted by atomic mass is 16.7. The number of nitrogens with zero attached hydrogens (tertiary/aromatic N) is 2. The Kier molecular flexibility index (Phi) is 13.0. The standard InChI is InChI=1S/C38H44N2O8/c1-37(45,39(25-29-15-7-3-8-16-29)26-30-17-9-4-10-18-30)35(43)47-33(41)23-24-34(42)48-36(44)38(2,46)40(27-31-19-11-5-12-20-31)28-32-21-13-6-14-22-32/h3-22,35-36,43-46H,23-28H2,1-2H3/t35-,36-,37-,38-/m0/s1. The van der Waals surface area contributed by atoms with E-state index in [1.165, 1.54) is 13.8 Å². The molecule has 0 bridgehead atoms. The fourth-order valence-corrected chi connectivity index (χ4v) is 5.07. The van der Waals surface area contributed by atoms with E-state index in [-0.39, 0.29) is 26.2 Å². The molecule has 0 heterocycles.